The van der Waals surface area contributed by atoms with E-state index in [9.17, 15) is 9.59 Å². The van der Waals surface area contributed by atoms with Crippen LogP contribution < -0.4 is 16.5 Å². The molecule has 0 aromatic carbocycles. The van der Waals surface area contributed by atoms with Gasteiger partial charge in [0, 0.05) is 6.04 Å². The third kappa shape index (κ3) is 4.20. The maximum absolute atomic E-state index is 11.2. The highest BCUT2D eigenvalue weighted by Crippen LogP contribution is 2.07. The maximum Gasteiger partial charge on any atom is 0.269 e. The van der Waals surface area contributed by atoms with Crippen LogP contribution in [-0.4, -0.2) is 34.4 Å². The predicted octanol–water partition coefficient (Wildman–Crippen LogP) is -0.188. The molecule has 0 radical (unpaired) electrons. The Morgan fingerprint density at radius 3 is 2.89 bits per heavy atom. The molecule has 0 spiro atoms. The van der Waals surface area contributed by atoms with E-state index < -0.39 is 5.91 Å². The number of aromatic nitrogens is 2. The van der Waals surface area contributed by atoms with Crippen molar-refractivity contribution in [2.24, 2.45) is 16.1 Å². The Morgan fingerprint density at radius 2 is 2.28 bits per heavy atom. The number of amides is 2. The minimum atomic E-state index is -0.664. The molecule has 0 atom stereocenters. The minimum absolute atomic E-state index is 0.0495. The topological polar surface area (TPSA) is 138 Å². The van der Waals surface area contributed by atoms with Gasteiger partial charge in [0.1, 0.15) is 12.2 Å². The Labute approximate surface area is 103 Å². The number of imidazole rings is 1. The molecule has 1 rings (SSSR count). The van der Waals surface area contributed by atoms with E-state index in [1.54, 1.807) is 0 Å². The first-order valence-electron chi connectivity index (χ1n) is 5.25. The summed E-state index contributed by atoms with van der Waals surface area (Å²) in [6.45, 7) is 3.58. The summed E-state index contributed by atoms with van der Waals surface area (Å²) in [6, 6.07) is 0.0495. The van der Waals surface area contributed by atoms with Gasteiger partial charge in [-0.25, -0.2) is 10.4 Å². The van der Waals surface area contributed by atoms with Crippen LogP contribution in [0, 0.1) is 0 Å². The van der Waals surface area contributed by atoms with Crippen LogP contribution in [0.5, 0.6) is 0 Å². The van der Waals surface area contributed by atoms with E-state index in [0.29, 0.717) is 0 Å². The number of H-pyrrole nitrogens is 1. The number of carbonyl (C=O) groups is 2. The second-order valence-electron chi connectivity index (χ2n) is 3.72. The summed E-state index contributed by atoms with van der Waals surface area (Å²) in [5.74, 6) is -0.744. The number of nitrogens with one attached hydrogen (secondary N) is 3. The lowest BCUT2D eigenvalue weighted by molar-refractivity contribution is -0.120. The van der Waals surface area contributed by atoms with Crippen LogP contribution in [0.4, 0.5) is 5.82 Å². The number of nitrogens with zero attached hydrogens (tertiary/aromatic N) is 3. The molecule has 2 amide bonds. The molecule has 0 aliphatic carbocycles. The number of aromatic amines is 1. The Bertz CT molecular complexity index is 452. The molecule has 9 heteroatoms. The van der Waals surface area contributed by atoms with Gasteiger partial charge in [-0.1, -0.05) is 5.22 Å². The maximum atomic E-state index is 11.2. The fourth-order valence-electron chi connectivity index (χ4n) is 1.12. The van der Waals surface area contributed by atoms with Crippen molar-refractivity contribution in [2.75, 3.05) is 12.0 Å². The van der Waals surface area contributed by atoms with E-state index in [2.05, 4.69) is 31.0 Å². The largest absolute Gasteiger partial charge is 0.364 e. The molecule has 0 unspecified atom stereocenters. The molecule has 1 aromatic rings. The molecular weight excluding hydrogens is 238 g/mol. The van der Waals surface area contributed by atoms with Crippen LogP contribution in [0.3, 0.4) is 0 Å². The number of hydrogen-bond acceptors (Lipinski definition) is 5. The van der Waals surface area contributed by atoms with Crippen molar-refractivity contribution in [2.45, 2.75) is 19.9 Å². The standard InChI is InChI=1S/C9H15N7O2/c1-5(2)14-6(17)3-13-16-15-9-7(8(10)18)11-4-12-9/h4-5H,3H2,1-2H3,(H2,10,18)(H,11,12)(H,13,15)(H,14,17). The molecule has 0 saturated carbocycles. The van der Waals surface area contributed by atoms with Crippen molar-refractivity contribution in [1.82, 2.24) is 15.3 Å². The SMILES string of the molecule is CC(C)NC(=O)CN=NNc1nc[nH]c1C(N)=O. The second-order valence-corrected chi connectivity index (χ2v) is 3.72. The zero-order valence-corrected chi connectivity index (χ0v) is 10.1. The van der Waals surface area contributed by atoms with E-state index in [-0.39, 0.29) is 30.0 Å². The van der Waals surface area contributed by atoms with Gasteiger partial charge in [0.25, 0.3) is 5.91 Å². The highest BCUT2D eigenvalue weighted by molar-refractivity contribution is 5.95. The lowest BCUT2D eigenvalue weighted by Crippen LogP contribution is -2.31. The first kappa shape index (κ1) is 13.6. The van der Waals surface area contributed by atoms with Crippen molar-refractivity contribution in [3.63, 3.8) is 0 Å². The van der Waals surface area contributed by atoms with Crippen LogP contribution in [0.1, 0.15) is 24.3 Å². The zero-order valence-electron chi connectivity index (χ0n) is 10.1. The van der Waals surface area contributed by atoms with Gasteiger partial charge >= 0.3 is 0 Å². The van der Waals surface area contributed by atoms with Gasteiger partial charge in [-0.15, -0.1) is 0 Å². The van der Waals surface area contributed by atoms with Crippen LogP contribution >= 0.6 is 0 Å². The minimum Gasteiger partial charge on any atom is -0.364 e. The van der Waals surface area contributed by atoms with Crippen LogP contribution in [0.25, 0.3) is 0 Å². The highest BCUT2D eigenvalue weighted by Gasteiger charge is 2.09. The number of primary amides is 1. The lowest BCUT2D eigenvalue weighted by Gasteiger charge is -2.04. The molecule has 1 heterocycles. The Kier molecular flexibility index (Phi) is 4.78. The highest BCUT2D eigenvalue weighted by atomic mass is 16.2. The summed E-state index contributed by atoms with van der Waals surface area (Å²) in [7, 11) is 0. The molecule has 0 bridgehead atoms. The van der Waals surface area contributed by atoms with Crippen molar-refractivity contribution >= 4 is 17.6 Å². The number of anilines is 1. The fourth-order valence-corrected chi connectivity index (χ4v) is 1.12. The van der Waals surface area contributed by atoms with Crippen molar-refractivity contribution < 1.29 is 9.59 Å². The van der Waals surface area contributed by atoms with E-state index >= 15 is 0 Å². The molecule has 0 aliphatic rings. The summed E-state index contributed by atoms with van der Waals surface area (Å²) in [6.07, 6.45) is 1.30. The van der Waals surface area contributed by atoms with E-state index in [1.807, 2.05) is 13.8 Å². The molecular formula is C9H15N7O2. The number of rotatable bonds is 6. The van der Waals surface area contributed by atoms with Gasteiger partial charge < -0.3 is 16.0 Å². The first-order chi connectivity index (χ1) is 8.50. The van der Waals surface area contributed by atoms with Crippen LogP contribution in [0.15, 0.2) is 16.7 Å². The third-order valence-electron chi connectivity index (χ3n) is 1.78. The summed E-state index contributed by atoms with van der Waals surface area (Å²) < 4.78 is 0. The third-order valence-corrected chi connectivity index (χ3v) is 1.78. The fraction of sp³-hybridized carbons (Fsp3) is 0.444. The number of hydrogen-bond donors (Lipinski definition) is 4. The molecule has 98 valence electrons. The van der Waals surface area contributed by atoms with Gasteiger partial charge in [0.05, 0.1) is 6.33 Å². The van der Waals surface area contributed by atoms with Gasteiger partial charge in [-0.2, -0.15) is 5.11 Å². The van der Waals surface area contributed by atoms with Crippen molar-refractivity contribution in [3.8, 4) is 0 Å². The molecule has 9 nitrogen and oxygen atoms in total. The molecule has 1 aromatic heterocycles. The zero-order chi connectivity index (χ0) is 13.5. The average Bonchev–Trinajstić information content (AvgIpc) is 2.71. The smallest absolute Gasteiger partial charge is 0.269 e. The van der Waals surface area contributed by atoms with Crippen molar-refractivity contribution in [3.05, 3.63) is 12.0 Å². The normalized spacial score (nSPS) is 10.8. The van der Waals surface area contributed by atoms with E-state index in [4.69, 9.17) is 5.73 Å². The first-order valence-corrected chi connectivity index (χ1v) is 5.25. The van der Waals surface area contributed by atoms with E-state index in [0.717, 1.165) is 0 Å². The molecule has 18 heavy (non-hydrogen) atoms. The predicted molar refractivity (Wildman–Crippen MR) is 63.7 cm³/mol. The summed E-state index contributed by atoms with van der Waals surface area (Å²) in [5, 5.41) is 9.77. The second kappa shape index (κ2) is 6.33. The number of carbonyl (C=O) groups excluding carboxylic acids is 2. The van der Waals surface area contributed by atoms with E-state index in [1.165, 1.54) is 6.33 Å². The monoisotopic (exact) mass is 253 g/mol. The van der Waals surface area contributed by atoms with Gasteiger partial charge in [0.15, 0.2) is 5.82 Å². The van der Waals surface area contributed by atoms with Crippen LogP contribution in [-0.2, 0) is 4.79 Å². The molecule has 0 aliphatic heterocycles. The Morgan fingerprint density at radius 1 is 1.56 bits per heavy atom. The number of nitrogens with two attached hydrogens (primary N) is 1. The van der Waals surface area contributed by atoms with Gasteiger partial charge in [0.2, 0.25) is 5.91 Å². The van der Waals surface area contributed by atoms with Crippen LogP contribution in [0.2, 0.25) is 0 Å². The summed E-state index contributed by atoms with van der Waals surface area (Å²) in [4.78, 5) is 28.5. The van der Waals surface area contributed by atoms with Gasteiger partial charge in [-0.3, -0.25) is 9.59 Å². The molecule has 5 N–H and O–H groups in total. The van der Waals surface area contributed by atoms with Crippen molar-refractivity contribution in [1.29, 1.82) is 0 Å². The molecule has 0 saturated heterocycles. The summed E-state index contributed by atoms with van der Waals surface area (Å²) in [5.41, 5.74) is 7.60. The lowest BCUT2D eigenvalue weighted by atomic mass is 10.4. The Balaban J connectivity index is 2.43. The average molecular weight is 253 g/mol. The Hall–Kier alpha value is -2.45. The molecule has 0 fully saturated rings. The summed E-state index contributed by atoms with van der Waals surface area (Å²) >= 11 is 0. The van der Waals surface area contributed by atoms with Gasteiger partial charge in [-0.05, 0) is 13.8 Å². The quantitative estimate of drug-likeness (QED) is 0.412.